The lowest BCUT2D eigenvalue weighted by Gasteiger charge is -2.33. The fourth-order valence-electron chi connectivity index (χ4n) is 1.67. The van der Waals surface area contributed by atoms with Gasteiger partial charge in [0.25, 0.3) is 0 Å². The first-order valence-corrected chi connectivity index (χ1v) is 4.93. The molecule has 0 aromatic rings. The van der Waals surface area contributed by atoms with Gasteiger partial charge in [-0.3, -0.25) is 4.79 Å². The van der Waals surface area contributed by atoms with Crippen LogP contribution in [0.4, 0.5) is 0 Å². The molecule has 76 valence electrons. The summed E-state index contributed by atoms with van der Waals surface area (Å²) in [6, 6.07) is 0. The Balaban J connectivity index is 2.56. The highest BCUT2D eigenvalue weighted by Gasteiger charge is 2.34. The highest BCUT2D eigenvalue weighted by atomic mass is 35.5. The van der Waals surface area contributed by atoms with Crippen molar-refractivity contribution < 1.29 is 14.3 Å². The van der Waals surface area contributed by atoms with E-state index in [2.05, 4.69) is 0 Å². The number of alkyl halides is 1. The molecule has 0 bridgehead atoms. The monoisotopic (exact) mass is 206 g/mol. The van der Waals surface area contributed by atoms with Crippen molar-refractivity contribution in [1.82, 2.24) is 0 Å². The Morgan fingerprint density at radius 1 is 1.46 bits per heavy atom. The molecule has 4 heteroatoms. The molecule has 0 unspecified atom stereocenters. The average Bonchev–Trinajstić information content (AvgIpc) is 2.08. The Kier molecular flexibility index (Phi) is 4.00. The number of hydrogen-bond acceptors (Lipinski definition) is 3. The third-order valence-electron chi connectivity index (χ3n) is 2.30. The maximum atomic E-state index is 10.8. The Morgan fingerprint density at radius 3 is 2.69 bits per heavy atom. The first kappa shape index (κ1) is 10.8. The van der Waals surface area contributed by atoms with Gasteiger partial charge in [0.1, 0.15) is 6.10 Å². The van der Waals surface area contributed by atoms with Crippen molar-refractivity contribution in [2.75, 3.05) is 7.11 Å². The van der Waals surface area contributed by atoms with Crippen molar-refractivity contribution in [3.8, 4) is 0 Å². The zero-order valence-corrected chi connectivity index (χ0v) is 8.71. The summed E-state index contributed by atoms with van der Waals surface area (Å²) in [6.07, 6.45) is 2.51. The minimum Gasteiger partial charge on any atom is -0.458 e. The van der Waals surface area contributed by atoms with Crippen LogP contribution in [0.3, 0.4) is 0 Å². The van der Waals surface area contributed by atoms with Crippen LogP contribution in [-0.2, 0) is 14.3 Å². The summed E-state index contributed by atoms with van der Waals surface area (Å²) in [5.74, 6) is -0.292. The third-order valence-corrected chi connectivity index (χ3v) is 2.76. The summed E-state index contributed by atoms with van der Waals surface area (Å²) in [4.78, 5) is 10.8. The fourth-order valence-corrected chi connectivity index (χ4v) is 2.04. The predicted octanol–water partition coefficient (Wildman–Crippen LogP) is 1.72. The molecule has 1 fully saturated rings. The predicted molar refractivity (Wildman–Crippen MR) is 49.8 cm³/mol. The van der Waals surface area contributed by atoms with Crippen LogP contribution in [0.15, 0.2) is 0 Å². The molecule has 0 spiro atoms. The van der Waals surface area contributed by atoms with Gasteiger partial charge in [-0.25, -0.2) is 0 Å². The number of carbonyl (C=O) groups excluding carboxylic acids is 1. The van der Waals surface area contributed by atoms with Crippen LogP contribution in [0.25, 0.3) is 0 Å². The van der Waals surface area contributed by atoms with E-state index in [1.807, 2.05) is 0 Å². The molecule has 0 aromatic carbocycles. The number of esters is 1. The normalized spacial score (nSPS) is 34.2. The summed E-state index contributed by atoms with van der Waals surface area (Å²) in [6.45, 7) is 1.39. The molecule has 0 aliphatic heterocycles. The van der Waals surface area contributed by atoms with E-state index in [-0.39, 0.29) is 23.6 Å². The van der Waals surface area contributed by atoms with Crippen molar-refractivity contribution in [3.05, 3.63) is 0 Å². The van der Waals surface area contributed by atoms with Crippen LogP contribution < -0.4 is 0 Å². The molecule has 0 N–H and O–H groups in total. The molecule has 1 aliphatic rings. The number of ether oxygens (including phenoxy) is 2. The molecule has 0 aromatic heterocycles. The molecule has 0 radical (unpaired) electrons. The second kappa shape index (κ2) is 4.82. The zero-order chi connectivity index (χ0) is 9.84. The summed E-state index contributed by atoms with van der Waals surface area (Å²) in [5, 5.41) is -0.109. The molecule has 3 nitrogen and oxygen atoms in total. The van der Waals surface area contributed by atoms with Crippen molar-refractivity contribution >= 4 is 17.6 Å². The van der Waals surface area contributed by atoms with Gasteiger partial charge in [-0.15, -0.1) is 11.6 Å². The number of rotatable bonds is 2. The van der Waals surface area contributed by atoms with Crippen molar-refractivity contribution in [2.45, 2.75) is 43.8 Å². The Labute approximate surface area is 83.3 Å². The maximum absolute atomic E-state index is 10.8. The topological polar surface area (TPSA) is 35.5 Å². The number of hydrogen-bond donors (Lipinski definition) is 0. The smallest absolute Gasteiger partial charge is 0.303 e. The van der Waals surface area contributed by atoms with E-state index in [0.29, 0.717) is 0 Å². The molecule has 1 rings (SSSR count). The molecule has 0 saturated heterocycles. The lowest BCUT2D eigenvalue weighted by Crippen LogP contribution is -2.42. The standard InChI is InChI=1S/C9H15ClO3/c1-6(11)13-9-7(10)4-3-5-8(9)12-2/h7-9H,3-5H2,1-2H3/t7-,8-,9+/m0/s1. The largest absolute Gasteiger partial charge is 0.458 e. The fraction of sp³-hybridized carbons (Fsp3) is 0.889. The zero-order valence-electron chi connectivity index (χ0n) is 7.96. The van der Waals surface area contributed by atoms with Crippen LogP contribution in [0.5, 0.6) is 0 Å². The minimum absolute atomic E-state index is 0.0415. The second-order valence-corrected chi connectivity index (χ2v) is 3.86. The molecule has 1 aliphatic carbocycles. The quantitative estimate of drug-likeness (QED) is 0.510. The van der Waals surface area contributed by atoms with E-state index in [4.69, 9.17) is 21.1 Å². The molecule has 3 atom stereocenters. The summed E-state index contributed by atoms with van der Waals surface area (Å²) in [7, 11) is 1.62. The van der Waals surface area contributed by atoms with Crippen LogP contribution in [0.2, 0.25) is 0 Å². The van der Waals surface area contributed by atoms with Gasteiger partial charge in [0, 0.05) is 14.0 Å². The SMILES string of the molecule is CO[C@H]1CCC[C@H](Cl)[C@H]1OC(C)=O. The van der Waals surface area contributed by atoms with Gasteiger partial charge in [-0.05, 0) is 19.3 Å². The van der Waals surface area contributed by atoms with Gasteiger partial charge < -0.3 is 9.47 Å². The van der Waals surface area contributed by atoms with Gasteiger partial charge in [0.05, 0.1) is 11.5 Å². The molecule has 0 amide bonds. The third kappa shape index (κ3) is 2.85. The molecular formula is C9H15ClO3. The number of carbonyl (C=O) groups is 1. The van der Waals surface area contributed by atoms with E-state index < -0.39 is 0 Å². The molecule has 13 heavy (non-hydrogen) atoms. The lowest BCUT2D eigenvalue weighted by atomic mass is 9.94. The highest BCUT2D eigenvalue weighted by Crippen LogP contribution is 2.27. The highest BCUT2D eigenvalue weighted by molar-refractivity contribution is 6.21. The number of methoxy groups -OCH3 is 1. The Bertz CT molecular complexity index is 184. The van der Waals surface area contributed by atoms with E-state index in [0.717, 1.165) is 19.3 Å². The molecular weight excluding hydrogens is 192 g/mol. The molecule has 0 heterocycles. The lowest BCUT2D eigenvalue weighted by molar-refractivity contribution is -0.156. The van der Waals surface area contributed by atoms with Gasteiger partial charge >= 0.3 is 5.97 Å². The van der Waals surface area contributed by atoms with Crippen LogP contribution >= 0.6 is 11.6 Å². The first-order valence-electron chi connectivity index (χ1n) is 4.49. The Hall–Kier alpha value is -0.280. The first-order chi connectivity index (χ1) is 6.15. The van der Waals surface area contributed by atoms with E-state index >= 15 is 0 Å². The van der Waals surface area contributed by atoms with Gasteiger partial charge in [0.2, 0.25) is 0 Å². The van der Waals surface area contributed by atoms with Gasteiger partial charge in [0.15, 0.2) is 0 Å². The summed E-state index contributed by atoms with van der Waals surface area (Å²) >= 11 is 6.04. The van der Waals surface area contributed by atoms with Crippen LogP contribution in [-0.4, -0.2) is 30.7 Å². The van der Waals surface area contributed by atoms with Crippen molar-refractivity contribution in [1.29, 1.82) is 0 Å². The summed E-state index contributed by atoms with van der Waals surface area (Å²) < 4.78 is 10.3. The van der Waals surface area contributed by atoms with Gasteiger partial charge in [-0.1, -0.05) is 0 Å². The maximum Gasteiger partial charge on any atom is 0.303 e. The van der Waals surface area contributed by atoms with E-state index in [1.165, 1.54) is 6.92 Å². The summed E-state index contributed by atoms with van der Waals surface area (Å²) in [5.41, 5.74) is 0. The van der Waals surface area contributed by atoms with Crippen LogP contribution in [0.1, 0.15) is 26.2 Å². The van der Waals surface area contributed by atoms with Crippen molar-refractivity contribution in [2.24, 2.45) is 0 Å². The van der Waals surface area contributed by atoms with Crippen molar-refractivity contribution in [3.63, 3.8) is 0 Å². The van der Waals surface area contributed by atoms with E-state index in [9.17, 15) is 4.79 Å². The second-order valence-electron chi connectivity index (χ2n) is 3.30. The Morgan fingerprint density at radius 2 is 2.15 bits per heavy atom. The van der Waals surface area contributed by atoms with Crippen LogP contribution in [0, 0.1) is 0 Å². The average molecular weight is 207 g/mol. The minimum atomic E-state index is -0.292. The number of halogens is 1. The van der Waals surface area contributed by atoms with E-state index in [1.54, 1.807) is 7.11 Å². The molecule has 1 saturated carbocycles. The van der Waals surface area contributed by atoms with Gasteiger partial charge in [-0.2, -0.15) is 0 Å².